The summed E-state index contributed by atoms with van der Waals surface area (Å²) >= 11 is 5.35. The van der Waals surface area contributed by atoms with Crippen molar-refractivity contribution in [3.05, 3.63) is 12.7 Å². The van der Waals surface area contributed by atoms with Crippen molar-refractivity contribution in [3.63, 3.8) is 0 Å². The monoisotopic (exact) mass is 227 g/mol. The van der Waals surface area contributed by atoms with Gasteiger partial charge < -0.3 is 0 Å². The number of hydrogen-bond acceptors (Lipinski definition) is 0. The van der Waals surface area contributed by atoms with E-state index in [4.69, 9.17) is 0 Å². The quantitative estimate of drug-likeness (QED) is 0.440. The van der Waals surface area contributed by atoms with Gasteiger partial charge in [-0.2, -0.15) is 0 Å². The number of halogens is 1. The zero-order chi connectivity index (χ0) is 4.71. The molecule has 0 aromatic heterocycles. The maximum absolute atomic E-state index is 3.36. The van der Waals surface area contributed by atoms with Gasteiger partial charge in [0.05, 0.1) is 0 Å². The van der Waals surface area contributed by atoms with Crippen molar-refractivity contribution in [1.82, 2.24) is 0 Å². The van der Waals surface area contributed by atoms with Crippen LogP contribution >= 0.6 is 13.4 Å². The summed E-state index contributed by atoms with van der Waals surface area (Å²) in [5.41, 5.74) is 0. The fourth-order valence-electron chi connectivity index (χ4n) is 0. The van der Waals surface area contributed by atoms with E-state index in [9.17, 15) is 0 Å². The summed E-state index contributed by atoms with van der Waals surface area (Å²) in [7, 11) is 0. The molecule has 0 N–H and O–H groups in total. The van der Waals surface area contributed by atoms with Crippen LogP contribution in [0.5, 0.6) is 0 Å². The molecule has 0 radical (unpaired) electrons. The molecule has 5 heavy (non-hydrogen) atoms. The van der Waals surface area contributed by atoms with Gasteiger partial charge in [0.2, 0.25) is 0 Å². The van der Waals surface area contributed by atoms with Gasteiger partial charge in [-0.1, -0.05) is 6.08 Å². The second kappa shape index (κ2) is 20.8. The van der Waals surface area contributed by atoms with Crippen LogP contribution in [0, 0.1) is 0 Å². The number of allylic oxidation sites excluding steroid dienone is 1. The Morgan fingerprint density at radius 3 is 1.80 bits per heavy atom. The molecule has 0 heterocycles. The van der Waals surface area contributed by atoms with E-state index in [1.54, 1.807) is 6.08 Å². The molecule has 0 aromatic carbocycles. The third kappa shape index (κ3) is 52.1. The average molecular weight is 228 g/mol. The molecular formula is C3H6BrPd. The minimum absolute atomic E-state index is 1.75. The fraction of sp³-hybridized carbons (Fsp3) is 0.333. The molecule has 35 valence electrons. The molecule has 0 unspecified atom stereocenters. The molecule has 0 aromatic rings. The Bertz CT molecular complexity index is 14.4. The molecule has 2 heteroatoms. The van der Waals surface area contributed by atoms with Crippen LogP contribution in [0.4, 0.5) is 0 Å². The Morgan fingerprint density at radius 1 is 1.80 bits per heavy atom. The molecular weight excluding hydrogens is 222 g/mol. The molecule has 0 saturated heterocycles. The fourth-order valence-corrected chi connectivity index (χ4v) is 0. The third-order valence-electron chi connectivity index (χ3n) is 0. The molecule has 0 atom stereocenters. The van der Waals surface area contributed by atoms with E-state index in [1.165, 1.54) is 0 Å². The van der Waals surface area contributed by atoms with Gasteiger partial charge in [0, 0.05) is 0 Å². The van der Waals surface area contributed by atoms with E-state index in [1.807, 2.05) is 6.92 Å². The first kappa shape index (κ1) is 9.30. The Kier molecular flexibility index (Phi) is 38.6. The van der Waals surface area contributed by atoms with Crippen LogP contribution in [0.25, 0.3) is 0 Å². The van der Waals surface area contributed by atoms with Crippen LogP contribution in [-0.4, -0.2) is 0 Å². The van der Waals surface area contributed by atoms with E-state index in [0.29, 0.717) is 0 Å². The topological polar surface area (TPSA) is 0 Å². The number of rotatable bonds is 0. The first-order valence-corrected chi connectivity index (χ1v) is 4.66. The SMILES string of the molecule is C=CC.[Br][Pd]. The van der Waals surface area contributed by atoms with Crippen LogP contribution in [0.1, 0.15) is 6.92 Å². The zero-order valence-electron chi connectivity index (χ0n) is 2.98. The van der Waals surface area contributed by atoms with Gasteiger partial charge in [-0.25, -0.2) is 0 Å². The molecule has 0 rings (SSSR count). The minimum atomic E-state index is 1.75. The van der Waals surface area contributed by atoms with Crippen molar-refractivity contribution in [1.29, 1.82) is 0 Å². The molecule has 0 saturated carbocycles. The first-order valence-electron chi connectivity index (χ1n) is 1.11. The Labute approximate surface area is 50.3 Å². The van der Waals surface area contributed by atoms with Gasteiger partial charge in [0.15, 0.2) is 0 Å². The first-order chi connectivity index (χ1) is 2.41. The molecule has 0 bridgehead atoms. The van der Waals surface area contributed by atoms with E-state index < -0.39 is 0 Å². The van der Waals surface area contributed by atoms with Crippen molar-refractivity contribution < 1.29 is 17.2 Å². The Morgan fingerprint density at radius 2 is 1.80 bits per heavy atom. The summed E-state index contributed by atoms with van der Waals surface area (Å²) in [5.74, 6) is 0. The normalized spacial score (nSPS) is 4.00. The van der Waals surface area contributed by atoms with Crippen molar-refractivity contribution in [2.45, 2.75) is 6.92 Å². The van der Waals surface area contributed by atoms with Crippen LogP contribution in [0.2, 0.25) is 0 Å². The van der Waals surface area contributed by atoms with E-state index in [-0.39, 0.29) is 0 Å². The second-order valence-corrected chi connectivity index (χ2v) is 0.408. The summed E-state index contributed by atoms with van der Waals surface area (Å²) in [6.07, 6.45) is 1.75. The summed E-state index contributed by atoms with van der Waals surface area (Å²) in [4.78, 5) is 0. The van der Waals surface area contributed by atoms with Crippen LogP contribution in [0.15, 0.2) is 12.7 Å². The van der Waals surface area contributed by atoms with Crippen LogP contribution in [0.3, 0.4) is 0 Å². The molecule has 0 fully saturated rings. The average Bonchev–Trinajstić information content (AvgIpc) is 1.46. The molecule has 0 aliphatic heterocycles. The van der Waals surface area contributed by atoms with Crippen molar-refractivity contribution in [2.75, 3.05) is 0 Å². The molecule has 0 aliphatic rings. The Balaban J connectivity index is 0. The predicted octanol–water partition coefficient (Wildman–Crippen LogP) is 2.04. The predicted molar refractivity (Wildman–Crippen MR) is 24.8 cm³/mol. The zero-order valence-corrected chi connectivity index (χ0v) is 6.12. The van der Waals surface area contributed by atoms with Crippen LogP contribution < -0.4 is 0 Å². The van der Waals surface area contributed by atoms with Gasteiger partial charge in [0.25, 0.3) is 0 Å². The van der Waals surface area contributed by atoms with Gasteiger partial charge in [-0.15, -0.1) is 6.58 Å². The molecule has 0 nitrogen and oxygen atoms in total. The third-order valence-corrected chi connectivity index (χ3v) is 0. The maximum atomic E-state index is 3.36. The summed E-state index contributed by atoms with van der Waals surface area (Å²) < 4.78 is 0. The van der Waals surface area contributed by atoms with Gasteiger partial charge >= 0.3 is 30.6 Å². The van der Waals surface area contributed by atoms with Gasteiger partial charge in [-0.3, -0.25) is 0 Å². The van der Waals surface area contributed by atoms with Crippen molar-refractivity contribution >= 4 is 13.4 Å². The van der Waals surface area contributed by atoms with E-state index in [0.717, 1.165) is 0 Å². The summed E-state index contributed by atoms with van der Waals surface area (Å²) in [6.45, 7) is 5.25. The summed E-state index contributed by atoms with van der Waals surface area (Å²) in [6, 6.07) is 0. The Hall–Kier alpha value is 0.882. The second-order valence-electron chi connectivity index (χ2n) is 0.408. The van der Waals surface area contributed by atoms with Gasteiger partial charge in [0.1, 0.15) is 0 Å². The molecule has 0 spiro atoms. The summed E-state index contributed by atoms with van der Waals surface area (Å²) in [5, 5.41) is 0. The molecule has 0 amide bonds. The van der Waals surface area contributed by atoms with Crippen LogP contribution in [-0.2, 0) is 17.2 Å². The standard InChI is InChI=1S/C3H6.BrH.Pd/c1-3-2;;/h3H,1H2,2H3;1H;/q;;+1/p-1. The number of hydrogen-bond donors (Lipinski definition) is 0. The van der Waals surface area contributed by atoms with E-state index in [2.05, 4.69) is 37.2 Å². The van der Waals surface area contributed by atoms with Crippen molar-refractivity contribution in [2.24, 2.45) is 0 Å². The van der Waals surface area contributed by atoms with Gasteiger partial charge in [-0.05, 0) is 6.92 Å². The van der Waals surface area contributed by atoms with Crippen molar-refractivity contribution in [3.8, 4) is 0 Å². The van der Waals surface area contributed by atoms with E-state index >= 15 is 0 Å². The molecule has 0 aliphatic carbocycles.